The third-order valence-electron chi connectivity index (χ3n) is 18.1. The van der Waals surface area contributed by atoms with Gasteiger partial charge in [0.25, 0.3) is 5.91 Å². The van der Waals surface area contributed by atoms with Crippen molar-refractivity contribution in [2.45, 2.75) is 106 Å². The number of nitrogens with one attached hydrogen (secondary N) is 3. The van der Waals surface area contributed by atoms with E-state index in [0.717, 1.165) is 88.8 Å². The van der Waals surface area contributed by atoms with Crippen molar-refractivity contribution < 1.29 is 38.8 Å². The minimum atomic E-state index is -2.47. The predicted molar refractivity (Wildman–Crippen MR) is 268 cm³/mol. The highest BCUT2D eigenvalue weighted by molar-refractivity contribution is 5.96. The van der Waals surface area contributed by atoms with Gasteiger partial charge in [-0.3, -0.25) is 14.5 Å². The fraction of sp³-hybridized carbons (Fsp3) is 0.518. The van der Waals surface area contributed by atoms with E-state index in [9.17, 15) is 15.0 Å². The molecule has 11 atom stereocenters. The molecule has 11 rings (SSSR count). The first kappa shape index (κ1) is 46.7. The maximum Gasteiger partial charge on any atom is 0.328 e. The third-order valence-corrected chi connectivity index (χ3v) is 18.1. The van der Waals surface area contributed by atoms with Crippen LogP contribution in [0.25, 0.3) is 21.8 Å². The first-order valence-electron chi connectivity index (χ1n) is 25.6. The number of carbonyl (C=O) groups is 3. The van der Waals surface area contributed by atoms with Crippen LogP contribution in [0.2, 0.25) is 0 Å². The Bertz CT molecular complexity index is 2910. The van der Waals surface area contributed by atoms with E-state index < -0.39 is 51.9 Å². The number of aromatic nitrogens is 2. The predicted octanol–water partition coefficient (Wildman–Crippen LogP) is 5.90. The summed E-state index contributed by atoms with van der Waals surface area (Å²) in [6, 6.07) is 17.6. The standard InChI is InChI=1S/C56H68N6O8/c1-7-33-25-34-29-55(52(66)69-6,46-38(19-23-61(31-33)32-34)37-16-11-13-18-42(37)58-46)40-27-39-44(28-45(40)68-5)60(4)49-54(39)21-24-62-22-14-20-53(8-2,48(54)62)50(64)56(49,67)51(65)59-43(47(63)70-9-3)26-35-30-57-41-17-12-10-15-36(35)41/h10-18,20,27-28,30,33-34,43,48-50,57-58,64,67H,7-9,19,21-26,29,31-32H2,1-6H3,(H,59,65)/t33-,34+,43-,48+,49+,50+,53+,54-,55+,56+/m0/s1. The van der Waals surface area contributed by atoms with Crippen molar-refractivity contribution in [3.05, 3.63) is 107 Å². The van der Waals surface area contributed by atoms with E-state index in [0.29, 0.717) is 49.6 Å². The van der Waals surface area contributed by atoms with Crippen molar-refractivity contribution >= 4 is 45.3 Å². The molecule has 14 heteroatoms. The van der Waals surface area contributed by atoms with Gasteiger partial charge in [0.1, 0.15) is 23.3 Å². The van der Waals surface area contributed by atoms with Gasteiger partial charge in [-0.25, -0.2) is 4.79 Å². The minimum Gasteiger partial charge on any atom is -0.496 e. The minimum absolute atomic E-state index is 0.0888. The molecule has 1 amide bonds. The summed E-state index contributed by atoms with van der Waals surface area (Å²) in [7, 11) is 4.99. The van der Waals surface area contributed by atoms with Crippen LogP contribution >= 0.6 is 0 Å². The molecule has 1 aliphatic carbocycles. The van der Waals surface area contributed by atoms with Crippen molar-refractivity contribution in [3.63, 3.8) is 0 Å². The summed E-state index contributed by atoms with van der Waals surface area (Å²) >= 11 is 0. The van der Waals surface area contributed by atoms with Gasteiger partial charge in [0, 0.05) is 108 Å². The summed E-state index contributed by atoms with van der Waals surface area (Å²) in [6.07, 6.45) is 8.59. The van der Waals surface area contributed by atoms with Crippen LogP contribution in [0.15, 0.2) is 79.0 Å². The summed E-state index contributed by atoms with van der Waals surface area (Å²) in [5.41, 5.74) is 0.935. The van der Waals surface area contributed by atoms with Crippen molar-refractivity contribution in [1.29, 1.82) is 0 Å². The Hall–Kier alpha value is -5.67. The van der Waals surface area contributed by atoms with Crippen LogP contribution in [0.3, 0.4) is 0 Å². The number of hydrogen-bond donors (Lipinski definition) is 5. The molecule has 0 radical (unpaired) electrons. The first-order valence-corrected chi connectivity index (χ1v) is 25.6. The van der Waals surface area contributed by atoms with E-state index in [4.69, 9.17) is 14.2 Å². The van der Waals surface area contributed by atoms with E-state index >= 15 is 9.59 Å². The number of hydrogen-bond acceptors (Lipinski definition) is 11. The molecule has 370 valence electrons. The van der Waals surface area contributed by atoms with Crippen LogP contribution in [0, 0.1) is 17.3 Å². The number of piperidine rings is 1. The maximum atomic E-state index is 15.7. The van der Waals surface area contributed by atoms with Gasteiger partial charge in [-0.15, -0.1) is 0 Å². The zero-order chi connectivity index (χ0) is 48.9. The SMILES string of the molecule is CCOC(=O)[C@H](Cc1c[nH]c2ccccc12)NC(=O)[C@]1(O)[C@H](O)[C@]2(CC)C=CCN3CC[C@]4(c5cc([C@]6(C(=O)OC)C[C@H]7C[C@H](CC)CN(CCc8c6[nH]c6ccccc86)C7)c(OC)cc5N(C)[C@@H]14)[C@H]32. The number of ether oxygens (including phenoxy) is 3. The fourth-order valence-corrected chi connectivity index (χ4v) is 15.2. The number of amides is 1. The molecule has 70 heavy (non-hydrogen) atoms. The lowest BCUT2D eigenvalue weighted by atomic mass is 9.47. The number of esters is 2. The Morgan fingerprint density at radius 1 is 0.957 bits per heavy atom. The molecule has 5 aliphatic heterocycles. The maximum absolute atomic E-state index is 15.7. The monoisotopic (exact) mass is 953 g/mol. The zero-order valence-corrected chi connectivity index (χ0v) is 41.3. The molecule has 3 aromatic carbocycles. The Labute approximate surface area is 409 Å². The second kappa shape index (κ2) is 17.3. The average molecular weight is 953 g/mol. The van der Waals surface area contributed by atoms with Gasteiger partial charge in [-0.05, 0) is 92.3 Å². The highest BCUT2D eigenvalue weighted by atomic mass is 16.5. The van der Waals surface area contributed by atoms with E-state index in [1.54, 1.807) is 14.0 Å². The molecule has 5 aromatic rings. The van der Waals surface area contributed by atoms with Crippen LogP contribution in [-0.2, 0) is 47.5 Å². The number of carbonyl (C=O) groups excluding carboxylic acids is 3. The van der Waals surface area contributed by atoms with Crippen molar-refractivity contribution in [2.24, 2.45) is 17.3 Å². The average Bonchev–Trinajstić information content (AvgIpc) is 4.15. The van der Waals surface area contributed by atoms with E-state index in [2.05, 4.69) is 62.3 Å². The molecule has 2 saturated heterocycles. The lowest BCUT2D eigenvalue weighted by Gasteiger charge is -2.63. The van der Waals surface area contributed by atoms with Crippen LogP contribution in [0.4, 0.5) is 5.69 Å². The van der Waals surface area contributed by atoms with Crippen molar-refractivity contribution in [2.75, 3.05) is 65.5 Å². The van der Waals surface area contributed by atoms with E-state index in [1.165, 1.54) is 7.11 Å². The summed E-state index contributed by atoms with van der Waals surface area (Å²) in [5.74, 6) is -0.750. The second-order valence-corrected chi connectivity index (χ2v) is 21.2. The number of likely N-dealkylation sites (N-methyl/N-ethyl adjacent to an activating group) is 1. The Morgan fingerprint density at radius 2 is 1.73 bits per heavy atom. The van der Waals surface area contributed by atoms with Crippen molar-refractivity contribution in [3.8, 4) is 5.75 Å². The number of para-hydroxylation sites is 2. The van der Waals surface area contributed by atoms with Crippen LogP contribution in [-0.4, -0.2) is 138 Å². The molecule has 6 aliphatic rings. The topological polar surface area (TPSA) is 173 Å². The lowest BCUT2D eigenvalue weighted by Crippen LogP contribution is -2.82. The number of aliphatic hydroxyl groups is 2. The molecular weight excluding hydrogens is 885 g/mol. The molecule has 1 saturated carbocycles. The molecular formula is C56H68N6O8. The Balaban J connectivity index is 1.12. The molecule has 2 bridgehead atoms. The van der Waals surface area contributed by atoms with Crippen LogP contribution < -0.4 is 15.0 Å². The number of aromatic amines is 2. The number of anilines is 1. The molecule has 14 nitrogen and oxygen atoms in total. The van der Waals surface area contributed by atoms with Gasteiger partial charge in [-0.1, -0.05) is 68.8 Å². The fourth-order valence-electron chi connectivity index (χ4n) is 15.2. The molecule has 5 N–H and O–H groups in total. The number of aliphatic hydroxyl groups excluding tert-OH is 1. The number of H-pyrrole nitrogens is 2. The number of rotatable bonds is 11. The van der Waals surface area contributed by atoms with Gasteiger partial charge in [0.15, 0.2) is 5.60 Å². The third kappa shape index (κ3) is 6.47. The quantitative estimate of drug-likeness (QED) is 0.0789. The molecule has 7 heterocycles. The van der Waals surface area contributed by atoms with Crippen molar-refractivity contribution in [1.82, 2.24) is 25.1 Å². The zero-order valence-electron chi connectivity index (χ0n) is 41.3. The largest absolute Gasteiger partial charge is 0.496 e. The van der Waals surface area contributed by atoms with Gasteiger partial charge < -0.3 is 49.5 Å². The van der Waals surface area contributed by atoms with Crippen LogP contribution in [0.1, 0.15) is 80.8 Å². The summed E-state index contributed by atoms with van der Waals surface area (Å²) in [5, 5.41) is 32.0. The number of methoxy groups -OCH3 is 2. The van der Waals surface area contributed by atoms with Gasteiger partial charge in [-0.2, -0.15) is 0 Å². The molecule has 2 aromatic heterocycles. The smallest absolute Gasteiger partial charge is 0.328 e. The molecule has 1 unspecified atom stereocenters. The number of fused-ring (bicyclic) bond motifs is 7. The highest BCUT2D eigenvalue weighted by Crippen LogP contribution is 2.67. The summed E-state index contributed by atoms with van der Waals surface area (Å²) in [4.78, 5) is 59.2. The molecule has 1 spiro atoms. The summed E-state index contributed by atoms with van der Waals surface area (Å²) in [6.45, 7) is 10.1. The lowest BCUT2D eigenvalue weighted by molar-refractivity contribution is -0.204. The Morgan fingerprint density at radius 3 is 2.47 bits per heavy atom. The van der Waals surface area contributed by atoms with Gasteiger partial charge in [0.05, 0.1) is 26.9 Å². The molecule has 3 fully saturated rings. The van der Waals surface area contributed by atoms with E-state index in [1.807, 2.05) is 67.5 Å². The number of nitrogens with zero attached hydrogens (tertiary/aromatic N) is 3. The second-order valence-electron chi connectivity index (χ2n) is 21.2. The Kier molecular flexibility index (Phi) is 11.5. The van der Waals surface area contributed by atoms with Gasteiger partial charge >= 0.3 is 11.9 Å². The highest BCUT2D eigenvalue weighted by Gasteiger charge is 2.79. The van der Waals surface area contributed by atoms with Crippen LogP contribution in [0.5, 0.6) is 5.75 Å². The van der Waals surface area contributed by atoms with E-state index in [-0.39, 0.29) is 31.0 Å². The summed E-state index contributed by atoms with van der Waals surface area (Å²) < 4.78 is 18.1. The first-order chi connectivity index (χ1) is 33.8. The normalized spacial score (nSPS) is 32.5. The number of benzene rings is 3. The van der Waals surface area contributed by atoms with Gasteiger partial charge in [0.2, 0.25) is 0 Å².